The first-order valence-corrected chi connectivity index (χ1v) is 7.68. The Balaban J connectivity index is 1.82. The molecule has 0 aliphatic heterocycles. The summed E-state index contributed by atoms with van der Waals surface area (Å²) in [6.07, 6.45) is 2.21. The number of carbonyl (C=O) groups is 2. The highest BCUT2D eigenvalue weighted by Crippen LogP contribution is 2.19. The number of H-pyrrole nitrogens is 1. The van der Waals surface area contributed by atoms with Crippen molar-refractivity contribution < 1.29 is 14.3 Å². The largest absolute Gasteiger partial charge is 0.467 e. The van der Waals surface area contributed by atoms with Crippen molar-refractivity contribution in [2.75, 3.05) is 7.11 Å². The highest BCUT2D eigenvalue weighted by molar-refractivity contribution is 5.97. The van der Waals surface area contributed by atoms with Crippen molar-refractivity contribution in [2.45, 2.75) is 12.5 Å². The van der Waals surface area contributed by atoms with Gasteiger partial charge in [0.1, 0.15) is 6.04 Å². The van der Waals surface area contributed by atoms with Gasteiger partial charge in [0.05, 0.1) is 7.11 Å². The lowest BCUT2D eigenvalue weighted by atomic mass is 10.0. The van der Waals surface area contributed by atoms with Crippen LogP contribution in [0.3, 0.4) is 0 Å². The van der Waals surface area contributed by atoms with Crippen LogP contribution in [0.5, 0.6) is 0 Å². The number of carbonyl (C=O) groups excluding carboxylic acids is 2. The number of nitrogens with one attached hydrogen (secondary N) is 2. The summed E-state index contributed by atoms with van der Waals surface area (Å²) in [5.74, 6) is -0.768. The summed E-state index contributed by atoms with van der Waals surface area (Å²) in [6, 6.07) is 15.9. The van der Waals surface area contributed by atoms with Crippen molar-refractivity contribution in [2.24, 2.45) is 0 Å². The van der Waals surface area contributed by atoms with Crippen LogP contribution in [0.25, 0.3) is 10.9 Å². The molecule has 122 valence electrons. The number of ether oxygens (including phenoxy) is 1. The number of benzene rings is 2. The number of esters is 1. The van der Waals surface area contributed by atoms with Crippen LogP contribution in [0.2, 0.25) is 0 Å². The van der Waals surface area contributed by atoms with Crippen molar-refractivity contribution in [3.8, 4) is 0 Å². The molecule has 2 N–H and O–H groups in total. The lowest BCUT2D eigenvalue weighted by Crippen LogP contribution is -2.43. The van der Waals surface area contributed by atoms with Gasteiger partial charge in [-0.2, -0.15) is 0 Å². The van der Waals surface area contributed by atoms with Crippen molar-refractivity contribution in [1.82, 2.24) is 10.3 Å². The number of methoxy groups -OCH3 is 1. The second-order valence-corrected chi connectivity index (χ2v) is 5.48. The molecule has 0 saturated carbocycles. The maximum atomic E-state index is 12.3. The molecule has 0 aliphatic carbocycles. The van der Waals surface area contributed by atoms with Crippen LogP contribution in [0.4, 0.5) is 0 Å². The number of para-hydroxylation sites is 1. The smallest absolute Gasteiger partial charge is 0.328 e. The average molecular weight is 322 g/mol. The average Bonchev–Trinajstić information content (AvgIpc) is 3.04. The van der Waals surface area contributed by atoms with E-state index in [2.05, 4.69) is 10.3 Å². The number of hydrogen-bond donors (Lipinski definition) is 2. The molecule has 1 heterocycles. The third-order valence-corrected chi connectivity index (χ3v) is 3.93. The number of fused-ring (bicyclic) bond motifs is 1. The number of rotatable bonds is 5. The number of aromatic amines is 1. The topological polar surface area (TPSA) is 71.2 Å². The van der Waals surface area contributed by atoms with E-state index in [9.17, 15) is 9.59 Å². The molecule has 5 heteroatoms. The molecule has 0 aliphatic rings. The van der Waals surface area contributed by atoms with Gasteiger partial charge in [-0.25, -0.2) is 4.79 Å². The molecular weight excluding hydrogens is 304 g/mol. The monoisotopic (exact) mass is 322 g/mol. The Bertz CT molecular complexity index is 855. The van der Waals surface area contributed by atoms with Gasteiger partial charge in [0.25, 0.3) is 5.91 Å². The molecule has 0 saturated heterocycles. The zero-order valence-corrected chi connectivity index (χ0v) is 13.3. The van der Waals surface area contributed by atoms with Crippen molar-refractivity contribution in [1.29, 1.82) is 0 Å². The van der Waals surface area contributed by atoms with Crippen LogP contribution in [0, 0.1) is 0 Å². The molecule has 2 aromatic carbocycles. The van der Waals surface area contributed by atoms with Crippen LogP contribution in [0.15, 0.2) is 60.8 Å². The first kappa shape index (κ1) is 15.8. The summed E-state index contributed by atoms with van der Waals surface area (Å²) >= 11 is 0. The highest BCUT2D eigenvalue weighted by atomic mass is 16.5. The van der Waals surface area contributed by atoms with Crippen LogP contribution < -0.4 is 5.32 Å². The Kier molecular flexibility index (Phi) is 4.61. The van der Waals surface area contributed by atoms with E-state index in [-0.39, 0.29) is 5.91 Å². The third-order valence-electron chi connectivity index (χ3n) is 3.93. The molecule has 24 heavy (non-hydrogen) atoms. The van der Waals surface area contributed by atoms with E-state index in [4.69, 9.17) is 4.74 Å². The first-order valence-electron chi connectivity index (χ1n) is 7.68. The number of aromatic nitrogens is 1. The normalized spacial score (nSPS) is 11.9. The summed E-state index contributed by atoms with van der Waals surface area (Å²) in [5.41, 5.74) is 2.45. The summed E-state index contributed by atoms with van der Waals surface area (Å²) in [7, 11) is 1.32. The maximum Gasteiger partial charge on any atom is 0.328 e. The van der Waals surface area contributed by atoms with Gasteiger partial charge in [-0.05, 0) is 23.8 Å². The van der Waals surface area contributed by atoms with Crippen molar-refractivity contribution >= 4 is 22.8 Å². The SMILES string of the molecule is COC(=O)C(Cc1c[nH]c2ccccc12)NC(=O)c1ccccc1. The van der Waals surface area contributed by atoms with E-state index in [1.54, 1.807) is 24.3 Å². The molecule has 5 nitrogen and oxygen atoms in total. The van der Waals surface area contributed by atoms with Gasteiger partial charge in [0.2, 0.25) is 0 Å². The van der Waals surface area contributed by atoms with E-state index in [0.29, 0.717) is 12.0 Å². The van der Waals surface area contributed by atoms with Crippen molar-refractivity contribution in [3.63, 3.8) is 0 Å². The Labute approximate surface area is 139 Å². The van der Waals surface area contributed by atoms with Gasteiger partial charge < -0.3 is 15.0 Å². The predicted octanol–water partition coefficient (Wildman–Crippen LogP) is 2.68. The minimum absolute atomic E-state index is 0.300. The van der Waals surface area contributed by atoms with Gasteiger partial charge >= 0.3 is 5.97 Å². The Morgan fingerprint density at radius 1 is 1.08 bits per heavy atom. The summed E-state index contributed by atoms with van der Waals surface area (Å²) < 4.78 is 4.85. The Hall–Kier alpha value is -3.08. The molecule has 1 amide bonds. The highest BCUT2D eigenvalue weighted by Gasteiger charge is 2.23. The summed E-state index contributed by atoms with van der Waals surface area (Å²) in [5, 5.41) is 3.79. The molecular formula is C19H18N2O3. The van der Waals surface area contributed by atoms with Crippen LogP contribution in [0.1, 0.15) is 15.9 Å². The van der Waals surface area contributed by atoms with Crippen LogP contribution in [-0.2, 0) is 16.0 Å². The molecule has 1 atom stereocenters. The molecule has 0 bridgehead atoms. The Morgan fingerprint density at radius 2 is 1.79 bits per heavy atom. The standard InChI is InChI=1S/C19H18N2O3/c1-24-19(23)17(21-18(22)13-7-3-2-4-8-13)11-14-12-20-16-10-6-5-9-15(14)16/h2-10,12,17,20H,11H2,1H3,(H,21,22). The Morgan fingerprint density at radius 3 is 2.54 bits per heavy atom. The van der Waals surface area contributed by atoms with E-state index in [1.807, 2.05) is 36.5 Å². The fraction of sp³-hybridized carbons (Fsp3) is 0.158. The quantitative estimate of drug-likeness (QED) is 0.710. The predicted molar refractivity (Wildman–Crippen MR) is 91.7 cm³/mol. The fourth-order valence-corrected chi connectivity index (χ4v) is 2.69. The van der Waals surface area contributed by atoms with Gasteiger partial charge in [0.15, 0.2) is 0 Å². The maximum absolute atomic E-state index is 12.3. The summed E-state index contributed by atoms with van der Waals surface area (Å²) in [4.78, 5) is 27.6. The second-order valence-electron chi connectivity index (χ2n) is 5.48. The van der Waals surface area contributed by atoms with Gasteiger partial charge in [0, 0.05) is 29.1 Å². The molecule has 0 fully saturated rings. The number of hydrogen-bond acceptors (Lipinski definition) is 3. The minimum atomic E-state index is -0.748. The molecule has 1 aromatic heterocycles. The zero-order valence-electron chi connectivity index (χ0n) is 13.3. The minimum Gasteiger partial charge on any atom is -0.467 e. The fourth-order valence-electron chi connectivity index (χ4n) is 2.69. The van der Waals surface area contributed by atoms with Gasteiger partial charge in [-0.3, -0.25) is 4.79 Å². The van der Waals surface area contributed by atoms with E-state index >= 15 is 0 Å². The zero-order chi connectivity index (χ0) is 16.9. The van der Waals surface area contributed by atoms with Gasteiger partial charge in [-0.15, -0.1) is 0 Å². The first-order chi connectivity index (χ1) is 11.7. The molecule has 0 spiro atoms. The van der Waals surface area contributed by atoms with E-state index in [0.717, 1.165) is 16.5 Å². The lowest BCUT2D eigenvalue weighted by molar-refractivity contribution is -0.142. The molecule has 1 unspecified atom stereocenters. The van der Waals surface area contributed by atoms with Crippen LogP contribution in [-0.4, -0.2) is 30.0 Å². The third kappa shape index (κ3) is 3.30. The number of amides is 1. The molecule has 3 aromatic rings. The van der Waals surface area contributed by atoms with E-state index < -0.39 is 12.0 Å². The van der Waals surface area contributed by atoms with Crippen molar-refractivity contribution in [3.05, 3.63) is 71.9 Å². The lowest BCUT2D eigenvalue weighted by Gasteiger charge is -2.16. The molecule has 3 rings (SSSR count). The van der Waals surface area contributed by atoms with Gasteiger partial charge in [-0.1, -0.05) is 36.4 Å². The van der Waals surface area contributed by atoms with Crippen LogP contribution >= 0.6 is 0 Å². The second kappa shape index (κ2) is 7.00. The molecule has 0 radical (unpaired) electrons. The summed E-state index contributed by atoms with van der Waals surface area (Å²) in [6.45, 7) is 0. The van der Waals surface area contributed by atoms with E-state index in [1.165, 1.54) is 7.11 Å².